The fraction of sp³-hybridized carbons (Fsp3) is 0.353. The molecule has 7 nitrogen and oxygen atoms in total. The normalized spacial score (nSPS) is 10.6. The fourth-order valence-electron chi connectivity index (χ4n) is 2.29. The van der Waals surface area contributed by atoms with Crippen LogP contribution < -0.4 is 5.63 Å². The van der Waals surface area contributed by atoms with Gasteiger partial charge in [0.2, 0.25) is 0 Å². The smallest absolute Gasteiger partial charge is 0.349 e. The number of nitrogens with zero attached hydrogens (tertiary/aromatic N) is 1. The summed E-state index contributed by atoms with van der Waals surface area (Å²) in [5.41, 5.74) is -0.433. The molecule has 0 aliphatic carbocycles. The van der Waals surface area contributed by atoms with E-state index in [0.29, 0.717) is 17.4 Å². The molecule has 2 rings (SSSR count). The highest BCUT2D eigenvalue weighted by atomic mass is 16.5. The Hall–Kier alpha value is -2.67. The van der Waals surface area contributed by atoms with Crippen molar-refractivity contribution in [2.45, 2.75) is 12.8 Å². The Bertz CT molecular complexity index is 782. The van der Waals surface area contributed by atoms with Gasteiger partial charge in [-0.2, -0.15) is 0 Å². The zero-order valence-electron chi connectivity index (χ0n) is 13.4. The second-order valence-electron chi connectivity index (χ2n) is 5.18. The van der Waals surface area contributed by atoms with Crippen LogP contribution in [-0.4, -0.2) is 48.7 Å². The lowest BCUT2D eigenvalue weighted by Gasteiger charge is -2.21. The third-order valence-electron chi connectivity index (χ3n) is 3.56. The molecule has 1 aromatic carbocycles. The number of hydrogen-bond donors (Lipinski definition) is 1. The first-order valence-corrected chi connectivity index (χ1v) is 7.56. The van der Waals surface area contributed by atoms with Gasteiger partial charge in [-0.25, -0.2) is 4.79 Å². The lowest BCUT2D eigenvalue weighted by molar-refractivity contribution is -0.140. The summed E-state index contributed by atoms with van der Waals surface area (Å²) in [6.07, 6.45) is 0.346. The van der Waals surface area contributed by atoms with Crippen LogP contribution in [0.1, 0.15) is 23.2 Å². The summed E-state index contributed by atoms with van der Waals surface area (Å²) >= 11 is 0. The van der Waals surface area contributed by atoms with Crippen molar-refractivity contribution in [3.8, 4) is 0 Å². The maximum Gasteiger partial charge on any atom is 0.349 e. The quantitative estimate of drug-likeness (QED) is 0.604. The Labute approximate surface area is 138 Å². The molecule has 1 N–H and O–H groups in total. The first-order chi connectivity index (χ1) is 11.6. The van der Waals surface area contributed by atoms with Crippen LogP contribution in [0.15, 0.2) is 39.5 Å². The molecule has 0 atom stereocenters. The van der Waals surface area contributed by atoms with Gasteiger partial charge in [0, 0.05) is 25.1 Å². The Balaban J connectivity index is 2.28. The average molecular weight is 333 g/mol. The van der Waals surface area contributed by atoms with Crippen LogP contribution in [0.3, 0.4) is 0 Å². The molecule has 0 fully saturated rings. The van der Waals surface area contributed by atoms with Crippen LogP contribution in [-0.2, 0) is 9.53 Å². The van der Waals surface area contributed by atoms with E-state index in [2.05, 4.69) is 4.74 Å². The van der Waals surface area contributed by atoms with Gasteiger partial charge < -0.3 is 19.2 Å². The SMILES string of the molecule is COC(=O)CCN(CCCO)C(=O)c1cc2ccccc2oc1=O. The van der Waals surface area contributed by atoms with Crippen molar-refractivity contribution in [3.05, 3.63) is 46.3 Å². The monoisotopic (exact) mass is 333 g/mol. The minimum atomic E-state index is -0.731. The number of aliphatic hydroxyl groups is 1. The zero-order chi connectivity index (χ0) is 17.5. The van der Waals surface area contributed by atoms with E-state index in [9.17, 15) is 14.4 Å². The van der Waals surface area contributed by atoms with E-state index >= 15 is 0 Å². The van der Waals surface area contributed by atoms with E-state index in [1.807, 2.05) is 0 Å². The van der Waals surface area contributed by atoms with Gasteiger partial charge in [0.25, 0.3) is 5.91 Å². The summed E-state index contributed by atoms with van der Waals surface area (Å²) < 4.78 is 9.74. The molecule has 0 unspecified atom stereocenters. The minimum Gasteiger partial charge on any atom is -0.469 e. The maximum atomic E-state index is 12.6. The third kappa shape index (κ3) is 4.20. The van der Waals surface area contributed by atoms with Crippen molar-refractivity contribution in [2.24, 2.45) is 0 Å². The van der Waals surface area contributed by atoms with E-state index in [-0.39, 0.29) is 31.7 Å². The summed E-state index contributed by atoms with van der Waals surface area (Å²) in [5.74, 6) is -0.991. The summed E-state index contributed by atoms with van der Waals surface area (Å²) in [6.45, 7) is 0.213. The number of ether oxygens (including phenoxy) is 1. The van der Waals surface area contributed by atoms with Crippen LogP contribution in [0.5, 0.6) is 0 Å². The highest BCUT2D eigenvalue weighted by molar-refractivity contribution is 5.96. The molecule has 1 aromatic heterocycles. The van der Waals surface area contributed by atoms with E-state index in [4.69, 9.17) is 9.52 Å². The molecular formula is C17H19NO6. The first kappa shape index (κ1) is 17.7. The number of esters is 1. The highest BCUT2D eigenvalue weighted by Crippen LogP contribution is 2.14. The van der Waals surface area contributed by atoms with Gasteiger partial charge in [0.1, 0.15) is 11.1 Å². The maximum absolute atomic E-state index is 12.6. The van der Waals surface area contributed by atoms with Crippen molar-refractivity contribution in [1.29, 1.82) is 0 Å². The van der Waals surface area contributed by atoms with Gasteiger partial charge >= 0.3 is 11.6 Å². The van der Waals surface area contributed by atoms with Gasteiger partial charge in [0.15, 0.2) is 0 Å². The van der Waals surface area contributed by atoms with Crippen LogP contribution in [0, 0.1) is 0 Å². The molecule has 0 aliphatic heterocycles. The molecule has 0 radical (unpaired) electrons. The first-order valence-electron chi connectivity index (χ1n) is 7.56. The lowest BCUT2D eigenvalue weighted by Crippen LogP contribution is -2.36. The molecule has 2 aromatic rings. The van der Waals surface area contributed by atoms with Gasteiger partial charge in [-0.15, -0.1) is 0 Å². The molecule has 0 aliphatic rings. The Morgan fingerprint density at radius 2 is 2.00 bits per heavy atom. The predicted octanol–water partition coefficient (Wildman–Crippen LogP) is 1.18. The van der Waals surface area contributed by atoms with E-state index < -0.39 is 17.5 Å². The second kappa shape index (κ2) is 8.26. The van der Waals surface area contributed by atoms with Crippen LogP contribution in [0.4, 0.5) is 0 Å². The number of fused-ring (bicyclic) bond motifs is 1. The number of carbonyl (C=O) groups excluding carboxylic acids is 2. The van der Waals surface area contributed by atoms with E-state index in [1.165, 1.54) is 18.1 Å². The molecular weight excluding hydrogens is 314 g/mol. The van der Waals surface area contributed by atoms with Crippen molar-refractivity contribution < 1.29 is 23.8 Å². The van der Waals surface area contributed by atoms with E-state index in [1.54, 1.807) is 24.3 Å². The van der Waals surface area contributed by atoms with Crippen molar-refractivity contribution in [1.82, 2.24) is 4.90 Å². The number of aliphatic hydroxyl groups excluding tert-OH is 1. The number of benzene rings is 1. The Kier molecular flexibility index (Phi) is 6.08. The van der Waals surface area contributed by atoms with Crippen LogP contribution in [0.25, 0.3) is 11.0 Å². The summed E-state index contributed by atoms with van der Waals surface area (Å²) in [7, 11) is 1.26. The van der Waals surface area contributed by atoms with Gasteiger partial charge in [-0.3, -0.25) is 9.59 Å². The largest absolute Gasteiger partial charge is 0.469 e. The predicted molar refractivity (Wildman–Crippen MR) is 86.7 cm³/mol. The molecule has 0 saturated heterocycles. The molecule has 0 saturated carbocycles. The van der Waals surface area contributed by atoms with Crippen LogP contribution in [0.2, 0.25) is 0 Å². The summed E-state index contributed by atoms with van der Waals surface area (Å²) in [6, 6.07) is 8.37. The number of amides is 1. The number of carbonyl (C=O) groups is 2. The average Bonchev–Trinajstić information content (AvgIpc) is 2.60. The molecule has 0 bridgehead atoms. The molecule has 1 amide bonds. The van der Waals surface area contributed by atoms with Crippen molar-refractivity contribution >= 4 is 22.8 Å². The number of para-hydroxylation sites is 1. The zero-order valence-corrected chi connectivity index (χ0v) is 13.4. The highest BCUT2D eigenvalue weighted by Gasteiger charge is 2.21. The number of methoxy groups -OCH3 is 1. The van der Waals surface area contributed by atoms with Crippen molar-refractivity contribution in [3.63, 3.8) is 0 Å². The van der Waals surface area contributed by atoms with Gasteiger partial charge in [-0.05, 0) is 18.6 Å². The second-order valence-corrected chi connectivity index (χ2v) is 5.18. The fourth-order valence-corrected chi connectivity index (χ4v) is 2.29. The Morgan fingerprint density at radius 1 is 1.25 bits per heavy atom. The van der Waals surface area contributed by atoms with Crippen LogP contribution >= 0.6 is 0 Å². The topological polar surface area (TPSA) is 97.1 Å². The molecule has 7 heteroatoms. The van der Waals surface area contributed by atoms with Gasteiger partial charge in [0.05, 0.1) is 13.5 Å². The number of rotatable bonds is 7. The minimum absolute atomic E-state index is 0.00653. The molecule has 0 spiro atoms. The number of hydrogen-bond acceptors (Lipinski definition) is 6. The molecule has 24 heavy (non-hydrogen) atoms. The van der Waals surface area contributed by atoms with Crippen molar-refractivity contribution in [2.75, 3.05) is 26.8 Å². The molecule has 128 valence electrons. The van der Waals surface area contributed by atoms with E-state index in [0.717, 1.165) is 0 Å². The van der Waals surface area contributed by atoms with Gasteiger partial charge in [-0.1, -0.05) is 18.2 Å². The Morgan fingerprint density at radius 3 is 2.71 bits per heavy atom. The standard InChI is InChI=1S/C17H19NO6/c1-23-15(20)7-9-18(8-4-10-19)16(21)13-11-12-5-2-3-6-14(12)24-17(13)22/h2-3,5-6,11,19H,4,7-10H2,1H3. The third-order valence-corrected chi connectivity index (χ3v) is 3.56. The summed E-state index contributed by atoms with van der Waals surface area (Å²) in [5, 5.41) is 9.61. The molecule has 1 heterocycles. The lowest BCUT2D eigenvalue weighted by atomic mass is 10.1. The summed E-state index contributed by atoms with van der Waals surface area (Å²) in [4.78, 5) is 37.4.